The largest absolute Gasteiger partial charge is 0.494 e. The normalized spacial score (nSPS) is 13.2. The number of benzene rings is 1. The summed E-state index contributed by atoms with van der Waals surface area (Å²) in [4.78, 5) is 11.1. The van der Waals surface area contributed by atoms with Crippen LogP contribution in [0.1, 0.15) is 24.8 Å². The van der Waals surface area contributed by atoms with Crippen molar-refractivity contribution in [3.8, 4) is 5.75 Å². The van der Waals surface area contributed by atoms with E-state index in [4.69, 9.17) is 16.3 Å². The molecule has 0 aromatic heterocycles. The number of thioether (sulfide) groups is 1. The number of alkyl halides is 4. The Morgan fingerprint density at radius 3 is 2.58 bits per heavy atom. The molecule has 1 unspecified atom stereocenters. The lowest BCUT2D eigenvalue weighted by molar-refractivity contribution is -0.116. The minimum absolute atomic E-state index is 0.117. The van der Waals surface area contributed by atoms with Crippen molar-refractivity contribution in [1.82, 2.24) is 0 Å². The monoisotopic (exact) mass is 312 g/mol. The van der Waals surface area contributed by atoms with Gasteiger partial charge in [0.2, 0.25) is 0 Å². The van der Waals surface area contributed by atoms with Crippen molar-refractivity contribution in [2.45, 2.75) is 29.6 Å². The van der Waals surface area contributed by atoms with Crippen molar-refractivity contribution in [1.29, 1.82) is 0 Å². The number of carbonyl (C=O) groups excluding carboxylic acids is 1. The Kier molecular flexibility index (Phi) is 5.55. The Balaban J connectivity index is 3.18. The quantitative estimate of drug-likeness (QED) is 0.588. The summed E-state index contributed by atoms with van der Waals surface area (Å²) in [6.45, 7) is 3.30. The fraction of sp³-hybridized carbons (Fsp3) is 0.417. The summed E-state index contributed by atoms with van der Waals surface area (Å²) in [5.74, 6) is -0.0970. The van der Waals surface area contributed by atoms with Crippen LogP contribution < -0.4 is 4.74 Å². The highest BCUT2D eigenvalue weighted by molar-refractivity contribution is 8.00. The van der Waals surface area contributed by atoms with Crippen LogP contribution in [0, 0.1) is 0 Å². The Labute approximate surface area is 118 Å². The van der Waals surface area contributed by atoms with Crippen LogP contribution in [-0.2, 0) is 4.79 Å². The van der Waals surface area contributed by atoms with Gasteiger partial charge in [0.05, 0.1) is 6.61 Å². The Bertz CT molecular complexity index is 463. The highest BCUT2D eigenvalue weighted by Crippen LogP contribution is 2.42. The van der Waals surface area contributed by atoms with Crippen molar-refractivity contribution in [3.05, 3.63) is 23.8 Å². The van der Waals surface area contributed by atoms with E-state index in [9.17, 15) is 18.0 Å². The molecular weight excluding hydrogens is 301 g/mol. The Hall–Kier alpha value is -0.880. The molecular formula is C12H12ClF3O2S. The van der Waals surface area contributed by atoms with E-state index >= 15 is 0 Å². The van der Waals surface area contributed by atoms with Gasteiger partial charge in [0.15, 0.2) is 5.78 Å². The lowest BCUT2D eigenvalue weighted by Crippen LogP contribution is -2.07. The minimum atomic E-state index is -4.45. The molecule has 7 heteroatoms. The third-order valence-corrected chi connectivity index (χ3v) is 3.50. The van der Waals surface area contributed by atoms with Crippen molar-refractivity contribution in [3.63, 3.8) is 0 Å². The molecule has 0 spiro atoms. The van der Waals surface area contributed by atoms with Crippen molar-refractivity contribution < 1.29 is 22.7 Å². The molecule has 0 bridgehead atoms. The molecule has 0 aliphatic carbocycles. The number of rotatable bonds is 5. The van der Waals surface area contributed by atoms with Gasteiger partial charge in [-0.3, -0.25) is 4.79 Å². The number of Topliss-reactive ketones (excluding diaryl/α,β-unsaturated/α-hetero) is 1. The van der Waals surface area contributed by atoms with Crippen LogP contribution in [0.2, 0.25) is 0 Å². The maximum atomic E-state index is 12.5. The van der Waals surface area contributed by atoms with Gasteiger partial charge >= 0.3 is 5.51 Å². The SMILES string of the molecule is CCOc1ccc(C(Cl)C(C)=O)c(SC(F)(F)F)c1. The zero-order chi connectivity index (χ0) is 14.6. The molecule has 0 aliphatic rings. The second kappa shape index (κ2) is 6.52. The van der Waals surface area contributed by atoms with Gasteiger partial charge in [-0.1, -0.05) is 6.07 Å². The van der Waals surface area contributed by atoms with Gasteiger partial charge < -0.3 is 4.74 Å². The van der Waals surface area contributed by atoms with E-state index in [1.54, 1.807) is 6.92 Å². The second-order valence-corrected chi connectivity index (χ2v) is 5.20. The maximum Gasteiger partial charge on any atom is 0.446 e. The molecule has 2 nitrogen and oxygen atoms in total. The fourth-order valence-corrected chi connectivity index (χ4v) is 2.40. The summed E-state index contributed by atoms with van der Waals surface area (Å²) < 4.78 is 42.6. The van der Waals surface area contributed by atoms with Crippen LogP contribution >= 0.6 is 23.4 Å². The van der Waals surface area contributed by atoms with Gasteiger partial charge in [-0.2, -0.15) is 13.2 Å². The first-order chi connectivity index (χ1) is 8.74. The van der Waals surface area contributed by atoms with Crippen molar-refractivity contribution in [2.24, 2.45) is 0 Å². The van der Waals surface area contributed by atoms with E-state index in [0.717, 1.165) is 0 Å². The summed E-state index contributed by atoms with van der Waals surface area (Å²) in [5, 5.41) is -1.10. The number of ketones is 1. The summed E-state index contributed by atoms with van der Waals surface area (Å²) in [6, 6.07) is 4.13. The third kappa shape index (κ3) is 4.95. The molecule has 0 aliphatic heterocycles. The lowest BCUT2D eigenvalue weighted by atomic mass is 10.1. The summed E-state index contributed by atoms with van der Waals surface area (Å²) >= 11 is 5.53. The zero-order valence-corrected chi connectivity index (χ0v) is 11.8. The molecule has 0 saturated heterocycles. The molecule has 1 aromatic rings. The smallest absolute Gasteiger partial charge is 0.446 e. The number of carbonyl (C=O) groups is 1. The Morgan fingerprint density at radius 2 is 2.11 bits per heavy atom. The van der Waals surface area contributed by atoms with E-state index in [1.165, 1.54) is 25.1 Å². The predicted octanol–water partition coefficient (Wildman–Crippen LogP) is 4.57. The van der Waals surface area contributed by atoms with Gasteiger partial charge in [-0.05, 0) is 43.3 Å². The molecule has 0 fully saturated rings. The second-order valence-electron chi connectivity index (χ2n) is 3.65. The molecule has 1 rings (SSSR count). The molecule has 0 amide bonds. The summed E-state index contributed by atoms with van der Waals surface area (Å²) in [7, 11) is 0. The van der Waals surface area contributed by atoms with E-state index in [1.807, 2.05) is 0 Å². The number of halogens is 4. The molecule has 0 radical (unpaired) electrons. The van der Waals surface area contributed by atoms with Crippen LogP contribution in [0.3, 0.4) is 0 Å². The van der Waals surface area contributed by atoms with E-state index in [-0.39, 0.29) is 22.2 Å². The van der Waals surface area contributed by atoms with Crippen LogP contribution in [-0.4, -0.2) is 17.9 Å². The number of ether oxygens (including phenoxy) is 1. The molecule has 1 atom stereocenters. The van der Waals surface area contributed by atoms with E-state index in [2.05, 4.69) is 0 Å². The molecule has 19 heavy (non-hydrogen) atoms. The molecule has 0 saturated carbocycles. The van der Waals surface area contributed by atoms with Gasteiger partial charge in [0.25, 0.3) is 0 Å². The molecule has 0 N–H and O–H groups in total. The van der Waals surface area contributed by atoms with Gasteiger partial charge in [-0.25, -0.2) is 0 Å². The van der Waals surface area contributed by atoms with Crippen LogP contribution in [0.5, 0.6) is 5.75 Å². The molecule has 0 heterocycles. The van der Waals surface area contributed by atoms with Gasteiger partial charge in [0.1, 0.15) is 11.1 Å². The third-order valence-electron chi connectivity index (χ3n) is 2.15. The fourth-order valence-electron chi connectivity index (χ4n) is 1.41. The van der Waals surface area contributed by atoms with E-state index < -0.39 is 16.7 Å². The highest BCUT2D eigenvalue weighted by atomic mass is 35.5. The van der Waals surface area contributed by atoms with Crippen molar-refractivity contribution >= 4 is 29.1 Å². The summed E-state index contributed by atoms with van der Waals surface area (Å²) in [6.07, 6.45) is 0. The summed E-state index contributed by atoms with van der Waals surface area (Å²) in [5.41, 5.74) is -4.31. The van der Waals surface area contributed by atoms with Crippen LogP contribution in [0.25, 0.3) is 0 Å². The first-order valence-corrected chi connectivity index (χ1v) is 6.67. The van der Waals surface area contributed by atoms with Crippen LogP contribution in [0.15, 0.2) is 23.1 Å². The lowest BCUT2D eigenvalue weighted by Gasteiger charge is -2.15. The Morgan fingerprint density at radius 1 is 1.47 bits per heavy atom. The average molecular weight is 313 g/mol. The predicted molar refractivity (Wildman–Crippen MR) is 68.8 cm³/mol. The molecule has 106 valence electrons. The molecule has 1 aromatic carbocycles. The topological polar surface area (TPSA) is 26.3 Å². The van der Waals surface area contributed by atoms with Gasteiger partial charge in [-0.15, -0.1) is 11.6 Å². The first-order valence-electron chi connectivity index (χ1n) is 5.41. The zero-order valence-electron chi connectivity index (χ0n) is 10.3. The minimum Gasteiger partial charge on any atom is -0.494 e. The first kappa shape index (κ1) is 16.2. The van der Waals surface area contributed by atoms with Gasteiger partial charge in [0, 0.05) is 4.90 Å². The van der Waals surface area contributed by atoms with Crippen LogP contribution in [0.4, 0.5) is 13.2 Å². The maximum absolute atomic E-state index is 12.5. The number of hydrogen-bond donors (Lipinski definition) is 0. The number of hydrogen-bond acceptors (Lipinski definition) is 3. The average Bonchev–Trinajstić information content (AvgIpc) is 2.26. The van der Waals surface area contributed by atoms with E-state index in [0.29, 0.717) is 12.4 Å². The van der Waals surface area contributed by atoms with Crippen molar-refractivity contribution in [2.75, 3.05) is 6.61 Å². The standard InChI is InChI=1S/C12H12ClF3O2S/c1-3-18-8-4-5-9(11(13)7(2)17)10(6-8)19-12(14,15)16/h4-6,11H,3H2,1-2H3. The highest BCUT2D eigenvalue weighted by Gasteiger charge is 2.32.